The Bertz CT molecular complexity index is 205. The number of hydrogen-bond acceptors (Lipinski definition) is 2. The summed E-state index contributed by atoms with van der Waals surface area (Å²) in [6.07, 6.45) is 5.54. The maximum atomic E-state index is 10.4. The monoisotopic (exact) mass is 227 g/mol. The molecule has 16 heavy (non-hydrogen) atoms. The largest absolute Gasteiger partial charge is 0.389 e. The van der Waals surface area contributed by atoms with Crippen LogP contribution in [0.15, 0.2) is 0 Å². The second kappa shape index (κ2) is 5.50. The first kappa shape index (κ1) is 14.0. The Kier molecular flexibility index (Phi) is 4.81. The molecule has 0 aromatic heterocycles. The molecule has 0 spiro atoms. The van der Waals surface area contributed by atoms with Crippen molar-refractivity contribution in [2.24, 2.45) is 11.3 Å². The minimum atomic E-state index is -0.434. The summed E-state index contributed by atoms with van der Waals surface area (Å²) >= 11 is 0. The van der Waals surface area contributed by atoms with E-state index in [1.54, 1.807) is 0 Å². The van der Waals surface area contributed by atoms with Crippen molar-refractivity contribution in [2.45, 2.75) is 65.4 Å². The zero-order chi connectivity index (χ0) is 12.2. The molecule has 0 amide bonds. The smallest absolute Gasteiger partial charge is 0.0771 e. The highest BCUT2D eigenvalue weighted by Crippen LogP contribution is 2.43. The minimum absolute atomic E-state index is 0.434. The zero-order valence-electron chi connectivity index (χ0n) is 11.5. The fraction of sp³-hybridized carbons (Fsp3) is 1.00. The zero-order valence-corrected chi connectivity index (χ0v) is 11.5. The van der Waals surface area contributed by atoms with E-state index in [1.807, 2.05) is 0 Å². The van der Waals surface area contributed by atoms with E-state index in [0.717, 1.165) is 31.8 Å². The molecule has 0 bridgehead atoms. The molecular weight excluding hydrogens is 198 g/mol. The molecule has 96 valence electrons. The van der Waals surface area contributed by atoms with Crippen LogP contribution in [-0.2, 0) is 0 Å². The lowest BCUT2D eigenvalue weighted by Gasteiger charge is -2.42. The first-order valence-electron chi connectivity index (χ1n) is 6.86. The Balaban J connectivity index is 2.44. The molecule has 1 aliphatic carbocycles. The van der Waals surface area contributed by atoms with Gasteiger partial charge in [-0.15, -0.1) is 0 Å². The number of hydrogen-bond donors (Lipinski definition) is 2. The van der Waals surface area contributed by atoms with E-state index in [2.05, 4.69) is 33.0 Å². The van der Waals surface area contributed by atoms with Gasteiger partial charge >= 0.3 is 0 Å². The third kappa shape index (κ3) is 3.46. The standard InChI is InChI=1S/C14H29NO/c1-5-13(3,4)12-7-9-14(16,10-8-12)11-15-6-2/h12,15-16H,5-11H2,1-4H3. The van der Waals surface area contributed by atoms with Crippen molar-refractivity contribution in [2.75, 3.05) is 13.1 Å². The van der Waals surface area contributed by atoms with Crippen molar-refractivity contribution in [1.29, 1.82) is 0 Å². The number of likely N-dealkylation sites (N-methyl/N-ethyl adjacent to an activating group) is 1. The number of rotatable bonds is 5. The first-order valence-corrected chi connectivity index (χ1v) is 6.86. The van der Waals surface area contributed by atoms with E-state index < -0.39 is 5.60 Å². The molecule has 0 atom stereocenters. The topological polar surface area (TPSA) is 32.3 Å². The van der Waals surface area contributed by atoms with Gasteiger partial charge in [0.2, 0.25) is 0 Å². The molecule has 1 fully saturated rings. The van der Waals surface area contributed by atoms with Gasteiger partial charge in [0.1, 0.15) is 0 Å². The Hall–Kier alpha value is -0.0800. The molecule has 0 heterocycles. The molecule has 0 aromatic rings. The highest BCUT2D eigenvalue weighted by molar-refractivity contribution is 4.91. The van der Waals surface area contributed by atoms with Gasteiger partial charge in [-0.1, -0.05) is 34.1 Å². The molecule has 0 aromatic carbocycles. The highest BCUT2D eigenvalue weighted by Gasteiger charge is 2.37. The summed E-state index contributed by atoms with van der Waals surface area (Å²) in [6.45, 7) is 10.8. The van der Waals surface area contributed by atoms with Gasteiger partial charge in [-0.3, -0.25) is 0 Å². The molecule has 0 aliphatic heterocycles. The second-order valence-corrected chi connectivity index (χ2v) is 6.12. The van der Waals surface area contributed by atoms with Crippen LogP contribution in [0.1, 0.15) is 59.8 Å². The van der Waals surface area contributed by atoms with Gasteiger partial charge in [-0.2, -0.15) is 0 Å². The molecule has 1 aliphatic rings. The summed E-state index contributed by atoms with van der Waals surface area (Å²) in [6, 6.07) is 0. The van der Waals surface area contributed by atoms with Gasteiger partial charge in [-0.25, -0.2) is 0 Å². The normalized spacial score (nSPS) is 31.7. The number of nitrogens with one attached hydrogen (secondary N) is 1. The third-order valence-corrected chi connectivity index (χ3v) is 4.64. The SMILES string of the molecule is CCNCC1(O)CCC(C(C)(C)CC)CC1. The fourth-order valence-electron chi connectivity index (χ4n) is 2.76. The van der Waals surface area contributed by atoms with Crippen LogP contribution in [0.25, 0.3) is 0 Å². The molecular formula is C14H29NO. The van der Waals surface area contributed by atoms with Crippen molar-refractivity contribution < 1.29 is 5.11 Å². The second-order valence-electron chi connectivity index (χ2n) is 6.12. The number of aliphatic hydroxyl groups is 1. The van der Waals surface area contributed by atoms with E-state index in [-0.39, 0.29) is 0 Å². The van der Waals surface area contributed by atoms with Crippen LogP contribution in [0.4, 0.5) is 0 Å². The predicted octanol–water partition coefficient (Wildman–Crippen LogP) is 2.95. The van der Waals surface area contributed by atoms with Crippen LogP contribution in [0.3, 0.4) is 0 Å². The maximum absolute atomic E-state index is 10.4. The van der Waals surface area contributed by atoms with Gasteiger partial charge < -0.3 is 10.4 Å². The molecule has 2 heteroatoms. The average Bonchev–Trinajstić information content (AvgIpc) is 2.27. The molecule has 1 rings (SSSR count). The van der Waals surface area contributed by atoms with Crippen LogP contribution in [0.5, 0.6) is 0 Å². The summed E-state index contributed by atoms with van der Waals surface area (Å²) in [5.41, 5.74) is 0.00977. The van der Waals surface area contributed by atoms with Crippen LogP contribution in [0, 0.1) is 11.3 Å². The summed E-state index contributed by atoms with van der Waals surface area (Å²) in [7, 11) is 0. The van der Waals surface area contributed by atoms with E-state index in [4.69, 9.17) is 0 Å². The lowest BCUT2D eigenvalue weighted by Crippen LogP contribution is -2.45. The van der Waals surface area contributed by atoms with Gasteiger partial charge in [0.15, 0.2) is 0 Å². The quantitative estimate of drug-likeness (QED) is 0.757. The van der Waals surface area contributed by atoms with Crippen molar-refractivity contribution in [3.8, 4) is 0 Å². The first-order chi connectivity index (χ1) is 7.43. The Morgan fingerprint density at radius 3 is 2.25 bits per heavy atom. The molecule has 0 radical (unpaired) electrons. The summed E-state index contributed by atoms with van der Waals surface area (Å²) in [5.74, 6) is 0.791. The summed E-state index contributed by atoms with van der Waals surface area (Å²) in [5, 5.41) is 13.7. The highest BCUT2D eigenvalue weighted by atomic mass is 16.3. The predicted molar refractivity (Wildman–Crippen MR) is 69.5 cm³/mol. The van der Waals surface area contributed by atoms with Crippen LogP contribution in [-0.4, -0.2) is 23.8 Å². The molecule has 0 saturated heterocycles. The molecule has 2 N–H and O–H groups in total. The Labute approximate surface area is 101 Å². The summed E-state index contributed by atoms with van der Waals surface area (Å²) < 4.78 is 0. The van der Waals surface area contributed by atoms with E-state index in [9.17, 15) is 5.11 Å². The average molecular weight is 227 g/mol. The van der Waals surface area contributed by atoms with Crippen molar-refractivity contribution >= 4 is 0 Å². The van der Waals surface area contributed by atoms with E-state index in [1.165, 1.54) is 19.3 Å². The molecule has 0 unspecified atom stereocenters. The van der Waals surface area contributed by atoms with Crippen LogP contribution >= 0.6 is 0 Å². The molecule has 2 nitrogen and oxygen atoms in total. The minimum Gasteiger partial charge on any atom is -0.389 e. The maximum Gasteiger partial charge on any atom is 0.0771 e. The fourth-order valence-corrected chi connectivity index (χ4v) is 2.76. The van der Waals surface area contributed by atoms with E-state index in [0.29, 0.717) is 5.41 Å². The Morgan fingerprint density at radius 2 is 1.81 bits per heavy atom. The van der Waals surface area contributed by atoms with Gasteiger partial charge in [0.25, 0.3) is 0 Å². The van der Waals surface area contributed by atoms with Crippen molar-refractivity contribution in [3.63, 3.8) is 0 Å². The summed E-state index contributed by atoms with van der Waals surface area (Å²) in [4.78, 5) is 0. The van der Waals surface area contributed by atoms with E-state index >= 15 is 0 Å². The molecule has 1 saturated carbocycles. The van der Waals surface area contributed by atoms with Crippen molar-refractivity contribution in [3.05, 3.63) is 0 Å². The lowest BCUT2D eigenvalue weighted by molar-refractivity contribution is -0.0264. The van der Waals surface area contributed by atoms with Crippen molar-refractivity contribution in [1.82, 2.24) is 5.32 Å². The third-order valence-electron chi connectivity index (χ3n) is 4.64. The Morgan fingerprint density at radius 1 is 1.25 bits per heavy atom. The lowest BCUT2D eigenvalue weighted by atomic mass is 9.66. The van der Waals surface area contributed by atoms with Crippen LogP contribution < -0.4 is 5.32 Å². The van der Waals surface area contributed by atoms with Gasteiger partial charge in [0, 0.05) is 6.54 Å². The van der Waals surface area contributed by atoms with Gasteiger partial charge in [-0.05, 0) is 43.6 Å². The van der Waals surface area contributed by atoms with Gasteiger partial charge in [0.05, 0.1) is 5.60 Å². The van der Waals surface area contributed by atoms with Crippen LogP contribution in [0.2, 0.25) is 0 Å².